The first kappa shape index (κ1) is 12.0. The van der Waals surface area contributed by atoms with E-state index in [0.29, 0.717) is 5.54 Å². The number of nitrogens with zero attached hydrogens (tertiary/aromatic N) is 2. The van der Waals surface area contributed by atoms with Gasteiger partial charge in [0.2, 0.25) is 0 Å². The number of nitrogens with one attached hydrogen (secondary N) is 1. The van der Waals surface area contributed by atoms with Gasteiger partial charge in [0.1, 0.15) is 0 Å². The third-order valence-electron chi connectivity index (χ3n) is 3.95. The van der Waals surface area contributed by atoms with E-state index >= 15 is 0 Å². The normalized spacial score (nSPS) is 23.7. The molecule has 1 aromatic heterocycles. The second kappa shape index (κ2) is 4.92. The van der Waals surface area contributed by atoms with Gasteiger partial charge in [-0.2, -0.15) is 0 Å². The van der Waals surface area contributed by atoms with E-state index in [1.807, 2.05) is 24.2 Å². The molecule has 1 N–H and O–H groups in total. The average molecular weight is 261 g/mol. The number of pyridine rings is 1. The van der Waals surface area contributed by atoms with Crippen molar-refractivity contribution in [2.24, 2.45) is 4.99 Å². The molecule has 1 aromatic rings. The van der Waals surface area contributed by atoms with Crippen LogP contribution in [0.3, 0.4) is 0 Å². The van der Waals surface area contributed by atoms with Crippen molar-refractivity contribution >= 4 is 16.9 Å². The molecule has 0 aromatic carbocycles. The van der Waals surface area contributed by atoms with Gasteiger partial charge in [-0.05, 0) is 37.0 Å². The molecule has 0 radical (unpaired) electrons. The van der Waals surface area contributed by atoms with Crippen LogP contribution in [-0.2, 0) is 6.54 Å². The van der Waals surface area contributed by atoms with Gasteiger partial charge < -0.3 is 5.32 Å². The number of hydrogen-bond acceptors (Lipinski definition) is 3. The summed E-state index contributed by atoms with van der Waals surface area (Å²) in [7, 11) is 0. The Kier molecular flexibility index (Phi) is 3.29. The molecule has 2 aliphatic rings. The highest BCUT2D eigenvalue weighted by atomic mass is 32.2. The van der Waals surface area contributed by atoms with Crippen LogP contribution >= 0.6 is 11.8 Å². The molecule has 1 aliphatic carbocycles. The van der Waals surface area contributed by atoms with Crippen molar-refractivity contribution in [3.8, 4) is 0 Å². The number of aliphatic imine (C=N–C) groups is 1. The van der Waals surface area contributed by atoms with E-state index in [-0.39, 0.29) is 0 Å². The Morgan fingerprint density at radius 3 is 3.06 bits per heavy atom. The summed E-state index contributed by atoms with van der Waals surface area (Å²) in [6.07, 6.45) is 9.11. The van der Waals surface area contributed by atoms with Gasteiger partial charge in [0.15, 0.2) is 5.17 Å². The smallest absolute Gasteiger partial charge is 0.157 e. The molecular formula is C14H19N3S. The molecule has 96 valence electrons. The molecule has 1 saturated carbocycles. The Hall–Kier alpha value is -1.03. The van der Waals surface area contributed by atoms with Gasteiger partial charge in [-0.3, -0.25) is 9.98 Å². The van der Waals surface area contributed by atoms with Gasteiger partial charge in [0.05, 0.1) is 6.54 Å². The maximum Gasteiger partial charge on any atom is 0.157 e. The summed E-state index contributed by atoms with van der Waals surface area (Å²) >= 11 is 1.89. The molecule has 0 unspecified atom stereocenters. The first-order valence-electron chi connectivity index (χ1n) is 6.62. The van der Waals surface area contributed by atoms with Crippen molar-refractivity contribution in [1.82, 2.24) is 10.3 Å². The quantitative estimate of drug-likeness (QED) is 0.889. The highest BCUT2D eigenvalue weighted by Crippen LogP contribution is 2.37. The fraction of sp³-hybridized carbons (Fsp3) is 0.571. The number of aryl methyl sites for hydroxylation is 1. The van der Waals surface area contributed by atoms with Gasteiger partial charge in [-0.1, -0.05) is 24.6 Å². The van der Waals surface area contributed by atoms with Crippen LogP contribution in [0.4, 0.5) is 0 Å². The lowest BCUT2D eigenvalue weighted by Crippen LogP contribution is -2.40. The molecular weight excluding hydrogens is 242 g/mol. The molecule has 0 atom stereocenters. The molecule has 0 bridgehead atoms. The largest absolute Gasteiger partial charge is 0.359 e. The lowest BCUT2D eigenvalue weighted by atomic mass is 10.0. The minimum Gasteiger partial charge on any atom is -0.359 e. The summed E-state index contributed by atoms with van der Waals surface area (Å²) < 4.78 is 0. The van der Waals surface area contributed by atoms with Crippen LogP contribution in [-0.4, -0.2) is 21.4 Å². The molecule has 3 rings (SSSR count). The van der Waals surface area contributed by atoms with Crippen LogP contribution in [0.2, 0.25) is 0 Å². The zero-order valence-electron chi connectivity index (χ0n) is 10.8. The minimum atomic E-state index is 0.372. The van der Waals surface area contributed by atoms with E-state index in [1.165, 1.54) is 42.6 Å². The maximum absolute atomic E-state index is 4.71. The molecule has 2 heterocycles. The number of thioether (sulfide) groups is 1. The van der Waals surface area contributed by atoms with Crippen LogP contribution in [0.1, 0.15) is 36.8 Å². The zero-order chi connectivity index (χ0) is 12.4. The molecule has 4 heteroatoms. The number of rotatable bonds is 2. The summed E-state index contributed by atoms with van der Waals surface area (Å²) in [5, 5.41) is 4.79. The summed E-state index contributed by atoms with van der Waals surface area (Å²) in [4.78, 5) is 8.83. The van der Waals surface area contributed by atoms with Crippen molar-refractivity contribution in [1.29, 1.82) is 0 Å². The summed E-state index contributed by atoms with van der Waals surface area (Å²) in [5.41, 5.74) is 2.87. The lowest BCUT2D eigenvalue weighted by molar-refractivity contribution is 0.452. The van der Waals surface area contributed by atoms with Crippen LogP contribution in [0.15, 0.2) is 23.5 Å². The third kappa shape index (κ3) is 2.39. The molecule has 2 fully saturated rings. The first-order chi connectivity index (χ1) is 8.77. The van der Waals surface area contributed by atoms with Crippen LogP contribution in [0.5, 0.6) is 0 Å². The Morgan fingerprint density at radius 1 is 1.44 bits per heavy atom. The van der Waals surface area contributed by atoms with Gasteiger partial charge in [0, 0.05) is 23.7 Å². The number of amidine groups is 1. The first-order valence-corrected chi connectivity index (χ1v) is 7.61. The molecule has 18 heavy (non-hydrogen) atoms. The van der Waals surface area contributed by atoms with E-state index in [4.69, 9.17) is 4.99 Å². The molecule has 0 amide bonds. The number of hydrogen-bond donors (Lipinski definition) is 1. The van der Waals surface area contributed by atoms with Crippen LogP contribution in [0.25, 0.3) is 0 Å². The van der Waals surface area contributed by atoms with Gasteiger partial charge in [-0.15, -0.1) is 0 Å². The van der Waals surface area contributed by atoms with Gasteiger partial charge >= 0.3 is 0 Å². The third-order valence-corrected chi connectivity index (χ3v) is 5.15. The second-order valence-electron chi connectivity index (χ2n) is 5.32. The predicted octanol–water partition coefficient (Wildman–Crippen LogP) is 2.90. The fourth-order valence-electron chi connectivity index (χ4n) is 2.75. The highest BCUT2D eigenvalue weighted by Gasteiger charge is 2.39. The molecule has 1 aliphatic heterocycles. The average Bonchev–Trinajstić information content (AvgIpc) is 3.00. The van der Waals surface area contributed by atoms with Crippen LogP contribution in [0, 0.1) is 6.92 Å². The van der Waals surface area contributed by atoms with E-state index in [9.17, 15) is 0 Å². The SMILES string of the molecule is Cc1cnccc1CN=C1NC2(CCCC2)CS1. The van der Waals surface area contributed by atoms with Crippen molar-refractivity contribution in [3.05, 3.63) is 29.6 Å². The Bertz CT molecular complexity index is 464. The van der Waals surface area contributed by atoms with Gasteiger partial charge in [0.25, 0.3) is 0 Å². The predicted molar refractivity (Wildman–Crippen MR) is 76.9 cm³/mol. The van der Waals surface area contributed by atoms with Crippen LogP contribution < -0.4 is 5.32 Å². The fourth-order valence-corrected chi connectivity index (χ4v) is 3.97. The molecule has 1 saturated heterocycles. The van der Waals surface area contributed by atoms with E-state index in [0.717, 1.165) is 11.7 Å². The maximum atomic E-state index is 4.71. The number of aromatic nitrogens is 1. The molecule has 3 nitrogen and oxygen atoms in total. The van der Waals surface area contributed by atoms with Crippen molar-refractivity contribution in [2.75, 3.05) is 5.75 Å². The Balaban J connectivity index is 1.66. The van der Waals surface area contributed by atoms with E-state index in [1.54, 1.807) is 0 Å². The Morgan fingerprint density at radius 2 is 2.28 bits per heavy atom. The van der Waals surface area contributed by atoms with E-state index in [2.05, 4.69) is 23.3 Å². The van der Waals surface area contributed by atoms with Crippen molar-refractivity contribution in [3.63, 3.8) is 0 Å². The summed E-state index contributed by atoms with van der Waals surface area (Å²) in [6, 6.07) is 2.06. The second-order valence-corrected chi connectivity index (χ2v) is 6.29. The standard InChI is InChI=1S/C14H19N3S/c1-11-8-15-7-4-12(11)9-16-13-17-14(10-18-13)5-2-3-6-14/h4,7-8H,2-3,5-6,9-10H2,1H3,(H,16,17). The van der Waals surface area contributed by atoms with Crippen molar-refractivity contribution in [2.45, 2.75) is 44.7 Å². The minimum absolute atomic E-state index is 0.372. The summed E-state index contributed by atoms with van der Waals surface area (Å²) in [5.74, 6) is 1.20. The zero-order valence-corrected chi connectivity index (χ0v) is 11.6. The van der Waals surface area contributed by atoms with E-state index < -0.39 is 0 Å². The molecule has 1 spiro atoms. The monoisotopic (exact) mass is 261 g/mol. The highest BCUT2D eigenvalue weighted by molar-refractivity contribution is 8.14. The van der Waals surface area contributed by atoms with Crippen molar-refractivity contribution < 1.29 is 0 Å². The summed E-state index contributed by atoms with van der Waals surface area (Å²) in [6.45, 7) is 2.86. The Labute approximate surface area is 112 Å². The lowest BCUT2D eigenvalue weighted by Gasteiger charge is -2.21. The van der Waals surface area contributed by atoms with Gasteiger partial charge in [-0.25, -0.2) is 0 Å². The topological polar surface area (TPSA) is 37.3 Å².